The summed E-state index contributed by atoms with van der Waals surface area (Å²) in [5.74, 6) is 0.178. The predicted octanol–water partition coefficient (Wildman–Crippen LogP) is 0.714. The monoisotopic (exact) mass is 310 g/mol. The number of ether oxygens (including phenoxy) is 1. The molecule has 21 heavy (non-hydrogen) atoms. The highest BCUT2D eigenvalue weighted by Crippen LogP contribution is 2.24. The smallest absolute Gasteiger partial charge is 0.237 e. The van der Waals surface area contributed by atoms with Crippen LogP contribution in [0.25, 0.3) is 0 Å². The predicted molar refractivity (Wildman–Crippen MR) is 81.3 cm³/mol. The van der Waals surface area contributed by atoms with Crippen molar-refractivity contribution in [2.24, 2.45) is 0 Å². The van der Waals surface area contributed by atoms with Crippen LogP contribution in [0.4, 0.5) is 0 Å². The minimum atomic E-state index is -0.168. The van der Waals surface area contributed by atoms with E-state index in [4.69, 9.17) is 4.74 Å². The average molecular weight is 310 g/mol. The van der Waals surface area contributed by atoms with Crippen molar-refractivity contribution in [1.29, 1.82) is 0 Å². The highest BCUT2D eigenvalue weighted by Gasteiger charge is 2.29. The number of aliphatic hydroxyl groups is 1. The molecule has 1 aromatic rings. The van der Waals surface area contributed by atoms with Gasteiger partial charge in [-0.3, -0.25) is 9.69 Å². The van der Waals surface area contributed by atoms with Crippen LogP contribution in [0, 0.1) is 0 Å². The number of morpholine rings is 1. The van der Waals surface area contributed by atoms with E-state index in [0.717, 1.165) is 19.5 Å². The molecule has 2 aliphatic rings. The lowest BCUT2D eigenvalue weighted by atomic mass is 10.1. The third kappa shape index (κ3) is 3.29. The summed E-state index contributed by atoms with van der Waals surface area (Å²) in [7, 11) is 0. The van der Waals surface area contributed by atoms with Gasteiger partial charge in [0, 0.05) is 30.6 Å². The Kier molecular flexibility index (Phi) is 4.59. The number of amides is 1. The van der Waals surface area contributed by atoms with Crippen LogP contribution in [0.3, 0.4) is 0 Å². The van der Waals surface area contributed by atoms with Crippen molar-refractivity contribution >= 4 is 17.2 Å². The zero-order chi connectivity index (χ0) is 14.8. The molecule has 0 aromatic carbocycles. The van der Waals surface area contributed by atoms with Crippen molar-refractivity contribution in [3.8, 4) is 0 Å². The second kappa shape index (κ2) is 6.44. The van der Waals surface area contributed by atoms with E-state index in [1.165, 1.54) is 10.4 Å². The molecule has 5 nitrogen and oxygen atoms in total. The number of fused-ring (bicyclic) bond motifs is 1. The van der Waals surface area contributed by atoms with Gasteiger partial charge in [-0.05, 0) is 30.4 Å². The number of carbonyl (C=O) groups is 1. The molecule has 0 spiro atoms. The van der Waals surface area contributed by atoms with E-state index in [-0.39, 0.29) is 24.7 Å². The van der Waals surface area contributed by atoms with E-state index in [0.29, 0.717) is 19.7 Å². The zero-order valence-electron chi connectivity index (χ0n) is 12.3. The molecule has 2 aliphatic heterocycles. The minimum Gasteiger partial charge on any atom is -0.394 e. The number of aliphatic hydroxyl groups excluding tert-OH is 1. The number of hydrogen-bond donors (Lipinski definition) is 1. The van der Waals surface area contributed by atoms with E-state index in [2.05, 4.69) is 23.3 Å². The molecule has 1 saturated heterocycles. The molecule has 6 heteroatoms. The lowest BCUT2D eigenvalue weighted by Crippen LogP contribution is -2.53. The van der Waals surface area contributed by atoms with Crippen molar-refractivity contribution in [1.82, 2.24) is 9.80 Å². The van der Waals surface area contributed by atoms with E-state index in [9.17, 15) is 9.90 Å². The Labute approximate surface area is 129 Å². The largest absolute Gasteiger partial charge is 0.394 e. The molecule has 1 N–H and O–H groups in total. The molecule has 2 atom stereocenters. The Morgan fingerprint density at radius 2 is 2.43 bits per heavy atom. The third-order valence-corrected chi connectivity index (χ3v) is 5.36. The van der Waals surface area contributed by atoms with Crippen LogP contribution in [0.2, 0.25) is 0 Å². The highest BCUT2D eigenvalue weighted by molar-refractivity contribution is 7.10. The van der Waals surface area contributed by atoms with Crippen LogP contribution in [-0.4, -0.2) is 65.8 Å². The number of carbonyl (C=O) groups excluding carboxylic acids is 1. The number of rotatable bonds is 3. The maximum absolute atomic E-state index is 12.5. The van der Waals surface area contributed by atoms with Gasteiger partial charge in [-0.2, -0.15) is 0 Å². The summed E-state index contributed by atoms with van der Waals surface area (Å²) >= 11 is 1.79. The van der Waals surface area contributed by atoms with Gasteiger partial charge in [-0.15, -0.1) is 11.3 Å². The maximum atomic E-state index is 12.5. The normalized spacial score (nSPS) is 26.7. The maximum Gasteiger partial charge on any atom is 0.237 e. The fourth-order valence-electron chi connectivity index (χ4n) is 2.94. The van der Waals surface area contributed by atoms with Gasteiger partial charge in [0.2, 0.25) is 5.91 Å². The summed E-state index contributed by atoms with van der Waals surface area (Å²) in [5, 5.41) is 11.3. The van der Waals surface area contributed by atoms with Crippen LogP contribution in [0.5, 0.6) is 0 Å². The molecule has 3 rings (SSSR count). The van der Waals surface area contributed by atoms with Crippen LogP contribution < -0.4 is 0 Å². The third-order valence-electron chi connectivity index (χ3n) is 4.34. The second-order valence-corrected chi connectivity index (χ2v) is 6.85. The lowest BCUT2D eigenvalue weighted by molar-refractivity contribution is -0.138. The summed E-state index contributed by atoms with van der Waals surface area (Å²) in [6, 6.07) is 2.34. The summed E-state index contributed by atoms with van der Waals surface area (Å²) in [6.45, 7) is 5.25. The first kappa shape index (κ1) is 15.0. The molecule has 1 aromatic heterocycles. The molecule has 0 saturated carbocycles. The molecule has 0 bridgehead atoms. The Bertz CT molecular complexity index is 505. The van der Waals surface area contributed by atoms with Gasteiger partial charge in [-0.1, -0.05) is 0 Å². The van der Waals surface area contributed by atoms with Crippen molar-refractivity contribution in [2.45, 2.75) is 32.0 Å². The summed E-state index contributed by atoms with van der Waals surface area (Å²) in [4.78, 5) is 18.0. The van der Waals surface area contributed by atoms with Crippen LogP contribution in [0.15, 0.2) is 11.4 Å². The summed E-state index contributed by atoms with van der Waals surface area (Å²) in [6.07, 6.45) is 0.801. The second-order valence-electron chi connectivity index (χ2n) is 5.85. The lowest BCUT2D eigenvalue weighted by Gasteiger charge is -2.38. The molecular weight excluding hydrogens is 288 g/mol. The van der Waals surface area contributed by atoms with Crippen LogP contribution in [-0.2, 0) is 22.5 Å². The molecular formula is C15H22N2O3S. The molecule has 116 valence electrons. The fourth-order valence-corrected chi connectivity index (χ4v) is 3.83. The molecule has 0 aliphatic carbocycles. The van der Waals surface area contributed by atoms with Gasteiger partial charge in [0.1, 0.15) is 0 Å². The molecule has 1 fully saturated rings. The molecule has 0 radical (unpaired) electrons. The topological polar surface area (TPSA) is 53.0 Å². The first-order valence-electron chi connectivity index (χ1n) is 7.47. The van der Waals surface area contributed by atoms with E-state index in [1.807, 2.05) is 4.90 Å². The summed E-state index contributed by atoms with van der Waals surface area (Å²) in [5.41, 5.74) is 1.29. The van der Waals surface area contributed by atoms with Crippen molar-refractivity contribution in [3.63, 3.8) is 0 Å². The van der Waals surface area contributed by atoms with Crippen LogP contribution >= 0.6 is 11.3 Å². The Morgan fingerprint density at radius 1 is 1.57 bits per heavy atom. The van der Waals surface area contributed by atoms with E-state index < -0.39 is 0 Å². The average Bonchev–Trinajstić information content (AvgIpc) is 2.96. The number of thiophene rings is 1. The van der Waals surface area contributed by atoms with E-state index >= 15 is 0 Å². The Balaban J connectivity index is 1.59. The highest BCUT2D eigenvalue weighted by atomic mass is 32.1. The van der Waals surface area contributed by atoms with Crippen molar-refractivity contribution in [2.75, 3.05) is 32.8 Å². The van der Waals surface area contributed by atoms with Crippen molar-refractivity contribution in [3.05, 3.63) is 21.9 Å². The Hall–Kier alpha value is -0.950. The van der Waals surface area contributed by atoms with Gasteiger partial charge in [0.15, 0.2) is 0 Å². The van der Waals surface area contributed by atoms with Gasteiger partial charge in [0.25, 0.3) is 0 Å². The SMILES string of the molecule is CC1COC(CO)CN1CC(=O)N1CCc2sccc2C1. The van der Waals surface area contributed by atoms with Crippen molar-refractivity contribution < 1.29 is 14.6 Å². The standard InChI is InChI=1S/C15H22N2O3S/c1-11-10-20-13(9-18)7-17(11)8-15(19)16-4-2-14-12(6-16)3-5-21-14/h3,5,11,13,18H,2,4,6-10H2,1H3. The minimum absolute atomic E-state index is 0.0133. The van der Waals surface area contributed by atoms with Gasteiger partial charge >= 0.3 is 0 Å². The van der Waals surface area contributed by atoms with Gasteiger partial charge < -0.3 is 14.7 Å². The quantitative estimate of drug-likeness (QED) is 0.893. The Morgan fingerprint density at radius 3 is 3.24 bits per heavy atom. The first-order chi connectivity index (χ1) is 10.2. The van der Waals surface area contributed by atoms with E-state index in [1.54, 1.807) is 11.3 Å². The number of hydrogen-bond acceptors (Lipinski definition) is 5. The van der Waals surface area contributed by atoms with Crippen LogP contribution in [0.1, 0.15) is 17.4 Å². The number of nitrogens with zero attached hydrogens (tertiary/aromatic N) is 2. The fraction of sp³-hybridized carbons (Fsp3) is 0.667. The molecule has 1 amide bonds. The summed E-state index contributed by atoms with van der Waals surface area (Å²) < 4.78 is 5.52. The van der Waals surface area contributed by atoms with Gasteiger partial charge in [-0.25, -0.2) is 0 Å². The first-order valence-corrected chi connectivity index (χ1v) is 8.35. The zero-order valence-corrected chi connectivity index (χ0v) is 13.1. The molecule has 2 unspecified atom stereocenters. The molecule has 3 heterocycles. The van der Waals surface area contributed by atoms with Gasteiger partial charge in [0.05, 0.1) is 25.9 Å².